The van der Waals surface area contributed by atoms with Crippen LogP contribution in [0.2, 0.25) is 0 Å². The fourth-order valence-corrected chi connectivity index (χ4v) is 3.34. The zero-order valence-electron chi connectivity index (χ0n) is 16.1. The molecule has 1 heterocycles. The lowest BCUT2D eigenvalue weighted by molar-refractivity contribution is -0.115. The molecule has 1 fully saturated rings. The predicted molar refractivity (Wildman–Crippen MR) is 109 cm³/mol. The monoisotopic (exact) mass is 382 g/mol. The van der Waals surface area contributed by atoms with Crippen LogP contribution >= 0.6 is 0 Å². The Labute approximate surface area is 165 Å². The van der Waals surface area contributed by atoms with Crippen LogP contribution in [0.1, 0.15) is 48.5 Å². The van der Waals surface area contributed by atoms with Crippen molar-refractivity contribution in [3.05, 3.63) is 53.6 Å². The Morgan fingerprint density at radius 2 is 1.86 bits per heavy atom. The van der Waals surface area contributed by atoms with Crippen LogP contribution in [0.5, 0.6) is 5.75 Å². The second kappa shape index (κ2) is 9.26. The summed E-state index contributed by atoms with van der Waals surface area (Å²) in [5, 5.41) is 12.1. The van der Waals surface area contributed by atoms with Crippen molar-refractivity contribution in [3.8, 4) is 5.75 Å². The van der Waals surface area contributed by atoms with Gasteiger partial charge in [0.05, 0.1) is 16.9 Å². The molecule has 148 valence electrons. The normalized spacial score (nSPS) is 13.8. The molecule has 0 saturated carbocycles. The highest BCUT2D eigenvalue weighted by Crippen LogP contribution is 2.31. The molecule has 1 saturated heterocycles. The summed E-state index contributed by atoms with van der Waals surface area (Å²) >= 11 is 0. The van der Waals surface area contributed by atoms with E-state index in [1.165, 1.54) is 19.3 Å². The van der Waals surface area contributed by atoms with Crippen molar-refractivity contribution in [1.29, 1.82) is 0 Å². The van der Waals surface area contributed by atoms with Gasteiger partial charge in [0, 0.05) is 19.5 Å². The first-order valence-corrected chi connectivity index (χ1v) is 9.71. The molecule has 2 aromatic rings. The Balaban J connectivity index is 1.75. The summed E-state index contributed by atoms with van der Waals surface area (Å²) in [5.74, 6) is -0.506. The Morgan fingerprint density at radius 3 is 2.57 bits per heavy atom. The number of hydrogen-bond acceptors (Lipinski definition) is 4. The van der Waals surface area contributed by atoms with E-state index in [1.807, 2.05) is 18.2 Å². The quantitative estimate of drug-likeness (QED) is 0.746. The molecule has 0 unspecified atom stereocenters. The van der Waals surface area contributed by atoms with Gasteiger partial charge in [-0.3, -0.25) is 4.79 Å². The maximum atomic E-state index is 11.6. The number of carbonyl (C=O) groups excluding carboxylic acids is 1. The summed E-state index contributed by atoms with van der Waals surface area (Å²) in [6.07, 6.45) is 3.91. The second-order valence-electron chi connectivity index (χ2n) is 6.89. The minimum atomic E-state index is -1.08. The smallest absolute Gasteiger partial charge is 0.337 e. The maximum absolute atomic E-state index is 11.6. The summed E-state index contributed by atoms with van der Waals surface area (Å²) in [6.45, 7) is 4.02. The Kier molecular flexibility index (Phi) is 6.53. The molecule has 6 heteroatoms. The zero-order chi connectivity index (χ0) is 19.9. The van der Waals surface area contributed by atoms with Gasteiger partial charge in [0.1, 0.15) is 12.4 Å². The standard InChI is InChI=1S/C22H26N2O4/c1-2-21(25)23-18-11-10-16(14-17(18)22(26)27)15-28-20-9-5-4-8-19(20)24-12-6-3-7-13-24/h4-5,8-11,14H,2-3,6-7,12-13,15H2,1H3,(H,23,25)(H,26,27). The zero-order valence-corrected chi connectivity index (χ0v) is 16.1. The predicted octanol–water partition coefficient (Wildman–Crippen LogP) is 4.30. The van der Waals surface area contributed by atoms with E-state index in [9.17, 15) is 14.7 Å². The van der Waals surface area contributed by atoms with Gasteiger partial charge in [-0.05, 0) is 49.1 Å². The fraction of sp³-hybridized carbons (Fsp3) is 0.364. The number of aromatic carboxylic acids is 1. The van der Waals surface area contributed by atoms with Gasteiger partial charge in [0.25, 0.3) is 0 Å². The van der Waals surface area contributed by atoms with E-state index in [4.69, 9.17) is 4.74 Å². The number of rotatable bonds is 7. The third-order valence-electron chi connectivity index (χ3n) is 4.87. The average Bonchev–Trinajstić information content (AvgIpc) is 2.73. The topological polar surface area (TPSA) is 78.9 Å². The van der Waals surface area contributed by atoms with Gasteiger partial charge in [-0.25, -0.2) is 4.79 Å². The van der Waals surface area contributed by atoms with E-state index in [0.717, 1.165) is 30.1 Å². The Hall–Kier alpha value is -3.02. The third kappa shape index (κ3) is 4.82. The van der Waals surface area contributed by atoms with Crippen molar-refractivity contribution in [2.45, 2.75) is 39.2 Å². The van der Waals surface area contributed by atoms with Crippen molar-refractivity contribution in [3.63, 3.8) is 0 Å². The molecular formula is C22H26N2O4. The van der Waals surface area contributed by atoms with Gasteiger partial charge in [-0.15, -0.1) is 0 Å². The minimum Gasteiger partial charge on any atom is -0.487 e. The van der Waals surface area contributed by atoms with Crippen LogP contribution in [0, 0.1) is 0 Å². The van der Waals surface area contributed by atoms with E-state index in [2.05, 4.69) is 16.3 Å². The fourth-order valence-electron chi connectivity index (χ4n) is 3.34. The van der Waals surface area contributed by atoms with Gasteiger partial charge in [-0.1, -0.05) is 25.1 Å². The number of anilines is 2. The summed E-state index contributed by atoms with van der Waals surface area (Å²) in [6, 6.07) is 12.9. The summed E-state index contributed by atoms with van der Waals surface area (Å²) in [7, 11) is 0. The number of hydrogen-bond donors (Lipinski definition) is 2. The molecule has 2 aromatic carbocycles. The number of carbonyl (C=O) groups is 2. The Bertz CT molecular complexity index is 844. The van der Waals surface area contributed by atoms with Crippen LogP contribution in [0.15, 0.2) is 42.5 Å². The molecule has 1 amide bonds. The van der Waals surface area contributed by atoms with Crippen molar-refractivity contribution < 1.29 is 19.4 Å². The van der Waals surface area contributed by atoms with Crippen LogP contribution < -0.4 is 15.0 Å². The molecule has 0 atom stereocenters. The molecule has 0 spiro atoms. The molecule has 0 bridgehead atoms. The van der Waals surface area contributed by atoms with Crippen molar-refractivity contribution in [2.24, 2.45) is 0 Å². The number of ether oxygens (including phenoxy) is 1. The molecule has 6 nitrogen and oxygen atoms in total. The summed E-state index contributed by atoms with van der Waals surface area (Å²) in [5.41, 5.74) is 2.18. The van der Waals surface area contributed by atoms with Gasteiger partial charge >= 0.3 is 5.97 Å². The first-order valence-electron chi connectivity index (χ1n) is 9.71. The van der Waals surface area contributed by atoms with Gasteiger partial charge < -0.3 is 20.1 Å². The molecule has 28 heavy (non-hydrogen) atoms. The van der Waals surface area contributed by atoms with Crippen LogP contribution in [-0.4, -0.2) is 30.1 Å². The number of piperidine rings is 1. The summed E-state index contributed by atoms with van der Waals surface area (Å²) in [4.78, 5) is 25.5. The van der Waals surface area contributed by atoms with E-state index in [0.29, 0.717) is 5.69 Å². The van der Waals surface area contributed by atoms with Crippen LogP contribution in [-0.2, 0) is 11.4 Å². The number of carboxylic acids is 1. The number of benzene rings is 2. The maximum Gasteiger partial charge on any atom is 0.337 e. The first kappa shape index (κ1) is 19.7. The highest BCUT2D eigenvalue weighted by atomic mass is 16.5. The molecule has 1 aliphatic heterocycles. The Morgan fingerprint density at radius 1 is 1.11 bits per heavy atom. The van der Waals surface area contributed by atoms with Crippen molar-refractivity contribution in [2.75, 3.05) is 23.3 Å². The minimum absolute atomic E-state index is 0.0622. The van der Waals surface area contributed by atoms with Crippen molar-refractivity contribution in [1.82, 2.24) is 0 Å². The van der Waals surface area contributed by atoms with Crippen molar-refractivity contribution >= 4 is 23.3 Å². The summed E-state index contributed by atoms with van der Waals surface area (Å²) < 4.78 is 6.03. The number of carboxylic acid groups (broad SMARTS) is 1. The number of amides is 1. The molecule has 2 N–H and O–H groups in total. The van der Waals surface area contributed by atoms with Gasteiger partial charge in [-0.2, -0.15) is 0 Å². The van der Waals surface area contributed by atoms with Crippen LogP contribution in [0.25, 0.3) is 0 Å². The molecule has 0 aliphatic carbocycles. The molecular weight excluding hydrogens is 356 g/mol. The lowest BCUT2D eigenvalue weighted by Gasteiger charge is -2.30. The van der Waals surface area contributed by atoms with Gasteiger partial charge in [0.2, 0.25) is 5.91 Å². The number of nitrogens with zero attached hydrogens (tertiary/aromatic N) is 1. The highest BCUT2D eigenvalue weighted by molar-refractivity contribution is 6.00. The lowest BCUT2D eigenvalue weighted by atomic mass is 10.1. The number of para-hydroxylation sites is 2. The van der Waals surface area contributed by atoms with Gasteiger partial charge in [0.15, 0.2) is 0 Å². The van der Waals surface area contributed by atoms with E-state index in [1.54, 1.807) is 25.1 Å². The molecule has 0 aromatic heterocycles. The van der Waals surface area contributed by atoms with E-state index >= 15 is 0 Å². The van der Waals surface area contributed by atoms with E-state index in [-0.39, 0.29) is 24.5 Å². The SMILES string of the molecule is CCC(=O)Nc1ccc(COc2ccccc2N2CCCCC2)cc1C(=O)O. The highest BCUT2D eigenvalue weighted by Gasteiger charge is 2.16. The van der Waals surface area contributed by atoms with Crippen LogP contribution in [0.4, 0.5) is 11.4 Å². The third-order valence-corrected chi connectivity index (χ3v) is 4.87. The lowest BCUT2D eigenvalue weighted by Crippen LogP contribution is -2.29. The largest absolute Gasteiger partial charge is 0.487 e. The van der Waals surface area contributed by atoms with Crippen LogP contribution in [0.3, 0.4) is 0 Å². The molecule has 0 radical (unpaired) electrons. The molecule has 1 aliphatic rings. The number of nitrogens with one attached hydrogen (secondary N) is 1. The average molecular weight is 382 g/mol. The second-order valence-corrected chi connectivity index (χ2v) is 6.89. The first-order chi connectivity index (χ1) is 13.6. The van der Waals surface area contributed by atoms with E-state index < -0.39 is 5.97 Å². The molecule has 3 rings (SSSR count).